The van der Waals surface area contributed by atoms with Gasteiger partial charge in [-0.25, -0.2) is 8.78 Å². The van der Waals surface area contributed by atoms with Gasteiger partial charge in [0, 0.05) is 0 Å². The molecule has 1 saturated carbocycles. The number of halogens is 2. The molecule has 0 aromatic heterocycles. The van der Waals surface area contributed by atoms with Crippen molar-refractivity contribution in [2.45, 2.75) is 30.3 Å². The van der Waals surface area contributed by atoms with Gasteiger partial charge in [0.1, 0.15) is 18.3 Å². The molecule has 0 bridgehead atoms. The molecule has 7 heteroatoms. The van der Waals surface area contributed by atoms with Crippen LogP contribution < -0.4 is 0 Å². The van der Waals surface area contributed by atoms with Crippen molar-refractivity contribution in [2.24, 2.45) is 5.92 Å². The molecule has 0 spiro atoms. The third-order valence-corrected chi connectivity index (χ3v) is 2.52. The van der Waals surface area contributed by atoms with Crippen LogP contribution in [0.2, 0.25) is 0 Å². The molecule has 1 rings (SSSR count). The van der Waals surface area contributed by atoms with Gasteiger partial charge in [0.05, 0.1) is 18.6 Å². The minimum atomic E-state index is -3.83. The highest BCUT2D eigenvalue weighted by molar-refractivity contribution is 5.02. The second-order valence-electron chi connectivity index (χ2n) is 3.38. The van der Waals surface area contributed by atoms with Gasteiger partial charge in [-0.05, 0) is 0 Å². The first-order valence-electron chi connectivity index (χ1n) is 4.05. The van der Waals surface area contributed by atoms with E-state index in [-0.39, 0.29) is 0 Å². The van der Waals surface area contributed by atoms with E-state index in [4.69, 9.17) is 25.5 Å². The summed E-state index contributed by atoms with van der Waals surface area (Å²) in [6.07, 6.45) is -8.46. The normalized spacial score (nSPS) is 47.8. The third kappa shape index (κ3) is 1.51. The van der Waals surface area contributed by atoms with Crippen LogP contribution in [0.3, 0.4) is 0 Å². The predicted octanol–water partition coefficient (Wildman–Crippen LogP) is -2.31. The summed E-state index contributed by atoms with van der Waals surface area (Å²) < 4.78 is 26.2. The first-order valence-corrected chi connectivity index (χ1v) is 4.05. The van der Waals surface area contributed by atoms with Gasteiger partial charge in [-0.3, -0.25) is 0 Å². The Morgan fingerprint density at radius 3 is 1.86 bits per heavy atom. The SMILES string of the molecule is OC[C@@H]1[C@@H](O)[C@H](O)[C@H](O)[C@@H](O)C1(F)F. The van der Waals surface area contributed by atoms with Gasteiger partial charge in [-0.1, -0.05) is 0 Å². The smallest absolute Gasteiger partial charge is 0.283 e. The van der Waals surface area contributed by atoms with Gasteiger partial charge >= 0.3 is 0 Å². The summed E-state index contributed by atoms with van der Waals surface area (Å²) in [5, 5.41) is 44.6. The van der Waals surface area contributed by atoms with Crippen LogP contribution >= 0.6 is 0 Å². The van der Waals surface area contributed by atoms with E-state index in [0.29, 0.717) is 0 Å². The summed E-state index contributed by atoms with van der Waals surface area (Å²) in [4.78, 5) is 0. The van der Waals surface area contributed by atoms with Gasteiger partial charge in [0.15, 0.2) is 0 Å². The summed E-state index contributed by atoms with van der Waals surface area (Å²) >= 11 is 0. The van der Waals surface area contributed by atoms with E-state index >= 15 is 0 Å². The van der Waals surface area contributed by atoms with Crippen molar-refractivity contribution in [1.82, 2.24) is 0 Å². The molecule has 0 saturated heterocycles. The first kappa shape index (κ1) is 11.7. The molecule has 1 fully saturated rings. The molecule has 84 valence electrons. The quantitative estimate of drug-likeness (QED) is 0.337. The van der Waals surface area contributed by atoms with Crippen molar-refractivity contribution >= 4 is 0 Å². The minimum absolute atomic E-state index is 1.09. The van der Waals surface area contributed by atoms with Gasteiger partial charge in [-0.15, -0.1) is 0 Å². The molecular formula is C7H12F2O5. The lowest BCUT2D eigenvalue weighted by Gasteiger charge is -2.43. The van der Waals surface area contributed by atoms with Crippen molar-refractivity contribution in [3.8, 4) is 0 Å². The van der Waals surface area contributed by atoms with E-state index in [1.165, 1.54) is 0 Å². The Balaban J connectivity index is 2.96. The molecule has 5 N–H and O–H groups in total. The van der Waals surface area contributed by atoms with E-state index < -0.39 is 42.9 Å². The molecule has 0 unspecified atom stereocenters. The molecular weight excluding hydrogens is 202 g/mol. The van der Waals surface area contributed by atoms with E-state index in [9.17, 15) is 8.78 Å². The predicted molar refractivity (Wildman–Crippen MR) is 39.6 cm³/mol. The average molecular weight is 214 g/mol. The van der Waals surface area contributed by atoms with Gasteiger partial charge < -0.3 is 25.5 Å². The second kappa shape index (κ2) is 3.67. The number of hydrogen-bond acceptors (Lipinski definition) is 5. The number of rotatable bonds is 1. The standard InChI is InChI=1S/C7H12F2O5/c8-7(9)2(1-10)3(11)4(12)5(13)6(7)14/h2-6,10-14H,1H2/t2-,3-,4+,5+,6-/m1/s1. The van der Waals surface area contributed by atoms with Crippen LogP contribution in [0.5, 0.6) is 0 Å². The van der Waals surface area contributed by atoms with Crippen LogP contribution in [0, 0.1) is 5.92 Å². The summed E-state index contributed by atoms with van der Waals surface area (Å²) in [6.45, 7) is -1.09. The van der Waals surface area contributed by atoms with Crippen LogP contribution in [0.1, 0.15) is 0 Å². The fourth-order valence-electron chi connectivity index (χ4n) is 1.53. The lowest BCUT2D eigenvalue weighted by atomic mass is 9.78. The second-order valence-corrected chi connectivity index (χ2v) is 3.38. The van der Waals surface area contributed by atoms with Crippen molar-refractivity contribution in [3.63, 3.8) is 0 Å². The Morgan fingerprint density at radius 1 is 0.929 bits per heavy atom. The molecule has 0 aromatic carbocycles. The minimum Gasteiger partial charge on any atom is -0.396 e. The van der Waals surface area contributed by atoms with Crippen LogP contribution in [0.25, 0.3) is 0 Å². The first-order chi connectivity index (χ1) is 6.34. The van der Waals surface area contributed by atoms with Crippen LogP contribution in [0.15, 0.2) is 0 Å². The largest absolute Gasteiger partial charge is 0.396 e. The average Bonchev–Trinajstić information content (AvgIpc) is 2.13. The molecule has 0 amide bonds. The van der Waals surface area contributed by atoms with E-state index in [0.717, 1.165) is 0 Å². The van der Waals surface area contributed by atoms with Crippen LogP contribution in [-0.4, -0.2) is 62.5 Å². The maximum absolute atomic E-state index is 13.1. The zero-order valence-corrected chi connectivity index (χ0v) is 7.09. The van der Waals surface area contributed by atoms with Crippen molar-refractivity contribution in [1.29, 1.82) is 0 Å². The Hall–Kier alpha value is -0.340. The lowest BCUT2D eigenvalue weighted by molar-refractivity contribution is -0.273. The molecule has 0 heterocycles. The Kier molecular flexibility index (Phi) is 3.07. The molecule has 5 nitrogen and oxygen atoms in total. The van der Waals surface area contributed by atoms with Crippen molar-refractivity contribution < 1.29 is 34.3 Å². The van der Waals surface area contributed by atoms with Gasteiger partial charge in [0.25, 0.3) is 5.92 Å². The molecule has 5 atom stereocenters. The summed E-state index contributed by atoms with van der Waals surface area (Å²) in [5.74, 6) is -5.80. The van der Waals surface area contributed by atoms with Crippen LogP contribution in [0.4, 0.5) is 8.78 Å². The molecule has 0 aliphatic heterocycles. The highest BCUT2D eigenvalue weighted by atomic mass is 19.3. The zero-order valence-electron chi connectivity index (χ0n) is 7.09. The number of aliphatic hydroxyl groups excluding tert-OH is 5. The topological polar surface area (TPSA) is 101 Å². The van der Waals surface area contributed by atoms with E-state index in [2.05, 4.69) is 0 Å². The lowest BCUT2D eigenvalue weighted by Crippen LogP contribution is -2.65. The molecule has 1 aliphatic carbocycles. The summed E-state index contributed by atoms with van der Waals surface area (Å²) in [5.41, 5.74) is 0. The fourth-order valence-corrected chi connectivity index (χ4v) is 1.53. The molecule has 14 heavy (non-hydrogen) atoms. The molecule has 1 aliphatic rings. The van der Waals surface area contributed by atoms with Crippen LogP contribution in [-0.2, 0) is 0 Å². The maximum atomic E-state index is 13.1. The maximum Gasteiger partial charge on any atom is 0.283 e. The Bertz CT molecular complexity index is 212. The number of alkyl halides is 2. The number of hydrogen-bond donors (Lipinski definition) is 5. The van der Waals surface area contributed by atoms with Crippen molar-refractivity contribution in [2.75, 3.05) is 6.61 Å². The summed E-state index contributed by atoms with van der Waals surface area (Å²) in [7, 11) is 0. The third-order valence-electron chi connectivity index (χ3n) is 2.52. The number of aliphatic hydroxyl groups is 5. The Morgan fingerprint density at radius 2 is 1.43 bits per heavy atom. The molecule has 0 radical (unpaired) electrons. The van der Waals surface area contributed by atoms with Crippen molar-refractivity contribution in [3.05, 3.63) is 0 Å². The molecule has 0 aromatic rings. The summed E-state index contributed by atoms with van der Waals surface area (Å²) in [6, 6.07) is 0. The fraction of sp³-hybridized carbons (Fsp3) is 1.00. The zero-order chi connectivity index (χ0) is 11.1. The van der Waals surface area contributed by atoms with E-state index in [1.54, 1.807) is 0 Å². The Labute approximate surface area is 78.2 Å². The highest BCUT2D eigenvalue weighted by Crippen LogP contribution is 2.38. The highest BCUT2D eigenvalue weighted by Gasteiger charge is 2.60. The van der Waals surface area contributed by atoms with E-state index in [1.807, 2.05) is 0 Å². The van der Waals surface area contributed by atoms with Gasteiger partial charge in [-0.2, -0.15) is 0 Å². The monoisotopic (exact) mass is 214 g/mol. The van der Waals surface area contributed by atoms with Gasteiger partial charge in [0.2, 0.25) is 0 Å².